The van der Waals surface area contributed by atoms with Crippen LogP contribution in [0.15, 0.2) is 16.1 Å². The van der Waals surface area contributed by atoms with Crippen LogP contribution in [0.25, 0.3) is 0 Å². The van der Waals surface area contributed by atoms with E-state index in [0.29, 0.717) is 5.55 Å². The number of carbonyl (C=O) groups is 2. The van der Waals surface area contributed by atoms with Gasteiger partial charge in [-0.25, -0.2) is 18.2 Å². The van der Waals surface area contributed by atoms with Crippen molar-refractivity contribution in [3.63, 3.8) is 0 Å². The van der Waals surface area contributed by atoms with E-state index in [4.69, 9.17) is 11.5 Å². The number of hydrogen-bond acceptors (Lipinski definition) is 5. The fourth-order valence-corrected chi connectivity index (χ4v) is 2.25. The highest BCUT2D eigenvalue weighted by atomic mass is 32.2. The summed E-state index contributed by atoms with van der Waals surface area (Å²) < 4.78 is 22.3. The number of hydrogen-bond donors (Lipinski definition) is 2. The summed E-state index contributed by atoms with van der Waals surface area (Å²) in [7, 11) is -3.59. The van der Waals surface area contributed by atoms with Crippen molar-refractivity contribution in [2.24, 2.45) is 10.9 Å². The lowest BCUT2D eigenvalue weighted by Crippen LogP contribution is -2.45. The van der Waals surface area contributed by atoms with Crippen LogP contribution in [-0.2, 0) is 19.4 Å². The minimum Gasteiger partial charge on any atom is -0.480 e. The van der Waals surface area contributed by atoms with Crippen LogP contribution in [0.1, 0.15) is 6.92 Å². The van der Waals surface area contributed by atoms with E-state index in [2.05, 4.69) is 16.2 Å². The van der Waals surface area contributed by atoms with E-state index in [1.54, 1.807) is 0 Å². The monoisotopic (exact) mass is 270 g/mol. The van der Waals surface area contributed by atoms with Gasteiger partial charge < -0.3 is 10.4 Å². The van der Waals surface area contributed by atoms with Gasteiger partial charge in [0.2, 0.25) is 15.7 Å². The molecule has 0 spiro atoms. The molecule has 0 radical (unpaired) electrons. The molecule has 1 aliphatic heterocycles. The number of aliphatic carboxylic acids is 1. The first-order valence-corrected chi connectivity index (χ1v) is 6.34. The molecule has 0 saturated carbocycles. The molecule has 1 amide bonds. The maximum atomic E-state index is 11.1. The van der Waals surface area contributed by atoms with Crippen LogP contribution in [0, 0.1) is 18.3 Å². The Labute approximate surface area is 104 Å². The van der Waals surface area contributed by atoms with E-state index < -0.39 is 33.7 Å². The van der Waals surface area contributed by atoms with Gasteiger partial charge in [0, 0.05) is 6.92 Å². The fraction of sp³-hybridized carbons (Fsp3) is 0.300. The largest absolute Gasteiger partial charge is 0.480 e. The number of nitrogens with one attached hydrogen (secondary N) is 1. The normalized spacial score (nSPS) is 19.4. The molecule has 0 aromatic heterocycles. The number of carboxylic acids is 1. The number of carboxylic acid groups (broad SMARTS) is 1. The highest BCUT2D eigenvalue weighted by Gasteiger charge is 2.33. The second kappa shape index (κ2) is 5.01. The van der Waals surface area contributed by atoms with Crippen LogP contribution < -0.4 is 5.32 Å². The van der Waals surface area contributed by atoms with Crippen molar-refractivity contribution < 1.29 is 23.1 Å². The molecule has 0 aliphatic carbocycles. The molecular weight excluding hydrogens is 260 g/mol. The molecule has 2 atom stereocenters. The highest BCUT2D eigenvalue weighted by Crippen LogP contribution is 2.21. The Hall–Kier alpha value is -2.14. The summed E-state index contributed by atoms with van der Waals surface area (Å²) in [6.45, 7) is 1.13. The zero-order chi connectivity index (χ0) is 13.9. The first-order chi connectivity index (χ1) is 8.26. The third kappa shape index (κ3) is 3.18. The molecule has 0 saturated heterocycles. The van der Waals surface area contributed by atoms with Gasteiger partial charge in [-0.05, 0) is 0 Å². The van der Waals surface area contributed by atoms with E-state index in [1.807, 2.05) is 0 Å². The summed E-state index contributed by atoms with van der Waals surface area (Å²) in [6.07, 6.45) is 5.18. The van der Waals surface area contributed by atoms with Crippen molar-refractivity contribution in [3.8, 4) is 12.3 Å². The van der Waals surface area contributed by atoms with E-state index in [1.165, 1.54) is 0 Å². The summed E-state index contributed by atoms with van der Waals surface area (Å²) in [5.74, 6) is -0.983. The van der Waals surface area contributed by atoms with Gasteiger partial charge in [0.1, 0.15) is 11.6 Å². The number of sulfone groups is 1. The summed E-state index contributed by atoms with van der Waals surface area (Å²) in [5.41, 5.74) is 0.595. The molecule has 96 valence electrons. The van der Waals surface area contributed by atoms with E-state index in [9.17, 15) is 18.0 Å². The standard InChI is InChI=1S/C10H10N2O5S/c1-3-7(8-4-18(16,17)5-11-8)9(10(14)15)12-6(2)13/h1,4-5,7,9H,2H3,(H,12,13)(H,14,15)/t7-,9-/m0/s1. The number of carbonyl (C=O) groups excluding carboxylic acids is 1. The first-order valence-electron chi connectivity index (χ1n) is 4.73. The molecule has 8 heteroatoms. The van der Waals surface area contributed by atoms with Gasteiger partial charge in [-0.1, -0.05) is 5.92 Å². The Morgan fingerprint density at radius 1 is 1.56 bits per heavy atom. The smallest absolute Gasteiger partial charge is 0.327 e. The quantitative estimate of drug-likeness (QED) is 0.644. The topological polar surface area (TPSA) is 113 Å². The minimum absolute atomic E-state index is 0.0846. The van der Waals surface area contributed by atoms with Crippen molar-refractivity contribution in [2.45, 2.75) is 13.0 Å². The van der Waals surface area contributed by atoms with Crippen molar-refractivity contribution in [2.75, 3.05) is 0 Å². The molecule has 0 bridgehead atoms. The number of amides is 1. The Bertz CT molecular complexity index is 582. The summed E-state index contributed by atoms with van der Waals surface area (Å²) >= 11 is 0. The second-order valence-corrected chi connectivity index (χ2v) is 5.15. The zero-order valence-corrected chi connectivity index (χ0v) is 10.1. The minimum atomic E-state index is -3.59. The lowest BCUT2D eigenvalue weighted by molar-refractivity contribution is -0.142. The van der Waals surface area contributed by atoms with Crippen LogP contribution in [0.4, 0.5) is 0 Å². The van der Waals surface area contributed by atoms with Gasteiger partial charge >= 0.3 is 5.97 Å². The van der Waals surface area contributed by atoms with Gasteiger partial charge in [0.05, 0.1) is 17.0 Å². The Balaban J connectivity index is 3.10. The molecule has 0 aromatic rings. The lowest BCUT2D eigenvalue weighted by Gasteiger charge is -2.19. The SMILES string of the molecule is C#C[C@@H](C1=CS(=O)(=O)C=N1)[C@H](NC(C)=O)C(=O)O. The second-order valence-electron chi connectivity index (χ2n) is 3.53. The van der Waals surface area contributed by atoms with Gasteiger partial charge in [-0.3, -0.25) is 4.79 Å². The van der Waals surface area contributed by atoms with Crippen molar-refractivity contribution in [1.82, 2.24) is 5.32 Å². The van der Waals surface area contributed by atoms with Gasteiger partial charge in [0.15, 0.2) is 0 Å². The van der Waals surface area contributed by atoms with Gasteiger partial charge in [-0.2, -0.15) is 0 Å². The molecule has 2 N–H and O–H groups in total. The van der Waals surface area contributed by atoms with E-state index >= 15 is 0 Å². The molecule has 0 aromatic carbocycles. The lowest BCUT2D eigenvalue weighted by atomic mass is 9.97. The van der Waals surface area contributed by atoms with Crippen LogP contribution in [0.5, 0.6) is 0 Å². The average Bonchev–Trinajstić information content (AvgIpc) is 2.58. The molecule has 18 heavy (non-hydrogen) atoms. The predicted octanol–water partition coefficient (Wildman–Crippen LogP) is -0.877. The number of aliphatic imine (C=N–C) groups is 1. The average molecular weight is 270 g/mol. The molecule has 1 heterocycles. The third-order valence-corrected chi connectivity index (χ3v) is 3.06. The number of rotatable bonds is 4. The Morgan fingerprint density at radius 2 is 2.17 bits per heavy atom. The van der Waals surface area contributed by atoms with Gasteiger partial charge in [-0.15, -0.1) is 6.42 Å². The molecule has 7 nitrogen and oxygen atoms in total. The Kier molecular flexibility index (Phi) is 3.88. The predicted molar refractivity (Wildman–Crippen MR) is 63.1 cm³/mol. The summed E-state index contributed by atoms with van der Waals surface area (Å²) in [6, 6.07) is -1.43. The van der Waals surface area contributed by atoms with E-state index in [0.717, 1.165) is 12.3 Å². The zero-order valence-electron chi connectivity index (χ0n) is 9.32. The van der Waals surface area contributed by atoms with Crippen LogP contribution in [-0.4, -0.2) is 37.0 Å². The van der Waals surface area contributed by atoms with Gasteiger partial charge in [0.25, 0.3) is 0 Å². The fourth-order valence-electron chi connectivity index (χ4n) is 1.38. The van der Waals surface area contributed by atoms with E-state index in [-0.39, 0.29) is 5.70 Å². The molecular formula is C10H10N2O5S. The van der Waals surface area contributed by atoms with Crippen molar-refractivity contribution in [1.29, 1.82) is 0 Å². The molecule has 0 fully saturated rings. The highest BCUT2D eigenvalue weighted by molar-refractivity contribution is 8.07. The number of nitrogens with zero attached hydrogens (tertiary/aromatic N) is 1. The first kappa shape index (κ1) is 13.9. The third-order valence-electron chi connectivity index (χ3n) is 2.09. The summed E-state index contributed by atoms with van der Waals surface area (Å²) in [4.78, 5) is 25.5. The van der Waals surface area contributed by atoms with Crippen molar-refractivity contribution >= 4 is 27.3 Å². The molecule has 1 aliphatic rings. The maximum Gasteiger partial charge on any atom is 0.327 e. The Morgan fingerprint density at radius 3 is 2.50 bits per heavy atom. The van der Waals surface area contributed by atoms with Crippen LogP contribution >= 0.6 is 0 Å². The molecule has 1 rings (SSSR count). The van der Waals surface area contributed by atoms with Crippen molar-refractivity contribution in [3.05, 3.63) is 11.1 Å². The number of terminal acetylenes is 1. The maximum absolute atomic E-state index is 11.1. The van der Waals surface area contributed by atoms with Crippen LogP contribution in [0.2, 0.25) is 0 Å². The van der Waals surface area contributed by atoms with Crippen LogP contribution in [0.3, 0.4) is 0 Å². The molecule has 0 unspecified atom stereocenters. The summed E-state index contributed by atoms with van der Waals surface area (Å²) in [5, 5.41) is 11.9.